The van der Waals surface area contributed by atoms with Gasteiger partial charge in [0.1, 0.15) is 0 Å². The predicted molar refractivity (Wildman–Crippen MR) is 112 cm³/mol. The van der Waals surface area contributed by atoms with Crippen LogP contribution in [0.15, 0.2) is 45.9 Å². The van der Waals surface area contributed by atoms with Crippen LogP contribution in [0.1, 0.15) is 43.6 Å². The Kier molecular flexibility index (Phi) is 5.73. The highest BCUT2D eigenvalue weighted by molar-refractivity contribution is 7.89. The number of aliphatic hydroxyl groups is 1. The van der Waals surface area contributed by atoms with E-state index in [-0.39, 0.29) is 41.9 Å². The zero-order valence-electron chi connectivity index (χ0n) is 17.0. The third-order valence-corrected chi connectivity index (χ3v) is 6.85. The molecule has 1 saturated carbocycles. The number of aromatic nitrogens is 4. The maximum absolute atomic E-state index is 12.4. The van der Waals surface area contributed by atoms with Crippen molar-refractivity contribution in [1.82, 2.24) is 24.8 Å². The lowest BCUT2D eigenvalue weighted by Crippen LogP contribution is -2.35. The highest BCUT2D eigenvalue weighted by Gasteiger charge is 2.32. The molecule has 164 valence electrons. The van der Waals surface area contributed by atoms with Gasteiger partial charge < -0.3 is 15.4 Å². The van der Waals surface area contributed by atoms with Crippen molar-refractivity contribution < 1.29 is 18.0 Å². The molecule has 0 saturated heterocycles. The second-order valence-corrected chi connectivity index (χ2v) is 9.67. The molecule has 1 aromatic carbocycles. The van der Waals surface area contributed by atoms with Crippen LogP contribution in [0.4, 0.5) is 5.82 Å². The summed E-state index contributed by atoms with van der Waals surface area (Å²) in [6, 6.07) is 8.10. The van der Waals surface area contributed by atoms with E-state index >= 15 is 0 Å². The number of hydrogen-bond donors (Lipinski definition) is 3. The average Bonchev–Trinajstić information content (AvgIpc) is 3.51. The van der Waals surface area contributed by atoms with Gasteiger partial charge in [0.15, 0.2) is 17.3 Å². The first kappa shape index (κ1) is 21.3. The Bertz CT molecular complexity index is 1160. The molecule has 2 heterocycles. The van der Waals surface area contributed by atoms with Crippen LogP contribution >= 0.6 is 0 Å². The van der Waals surface area contributed by atoms with E-state index in [0.29, 0.717) is 17.4 Å². The summed E-state index contributed by atoms with van der Waals surface area (Å²) in [6.07, 6.45) is 3.81. The first-order valence-corrected chi connectivity index (χ1v) is 11.4. The number of aliphatic hydroxyl groups excluding tert-OH is 1. The van der Waals surface area contributed by atoms with E-state index in [1.807, 2.05) is 0 Å². The van der Waals surface area contributed by atoms with Crippen LogP contribution in [-0.2, 0) is 15.4 Å². The summed E-state index contributed by atoms with van der Waals surface area (Å²) in [4.78, 5) is 13.3. The highest BCUT2D eigenvalue weighted by Crippen LogP contribution is 2.39. The highest BCUT2D eigenvalue weighted by atomic mass is 32.2. The Morgan fingerprint density at radius 2 is 2.00 bits per heavy atom. The van der Waals surface area contributed by atoms with Gasteiger partial charge in [-0.15, -0.1) is 0 Å². The first-order valence-electron chi connectivity index (χ1n) is 9.95. The van der Waals surface area contributed by atoms with Crippen molar-refractivity contribution in [2.45, 2.75) is 42.4 Å². The van der Waals surface area contributed by atoms with Crippen molar-refractivity contribution in [3.63, 3.8) is 0 Å². The van der Waals surface area contributed by atoms with Crippen LogP contribution in [0.25, 0.3) is 11.6 Å². The van der Waals surface area contributed by atoms with Gasteiger partial charge in [-0.25, -0.2) is 23.1 Å². The Balaban J connectivity index is 1.52. The van der Waals surface area contributed by atoms with E-state index in [2.05, 4.69) is 24.8 Å². The minimum Gasteiger partial charge on any atom is -0.395 e. The normalized spacial score (nSPS) is 16.2. The van der Waals surface area contributed by atoms with Crippen LogP contribution in [0.2, 0.25) is 0 Å². The number of nitrogens with two attached hydrogens (primary N) is 1. The molecule has 1 unspecified atom stereocenters. The lowest BCUT2D eigenvalue weighted by atomic mass is 9.84. The van der Waals surface area contributed by atoms with Gasteiger partial charge in [-0.1, -0.05) is 30.3 Å². The van der Waals surface area contributed by atoms with Gasteiger partial charge in [0, 0.05) is 17.9 Å². The Labute approximate surface area is 180 Å². The number of nitrogen functional groups attached to an aromatic ring is 1. The van der Waals surface area contributed by atoms with Crippen molar-refractivity contribution in [2.75, 3.05) is 18.9 Å². The van der Waals surface area contributed by atoms with Gasteiger partial charge in [-0.2, -0.15) is 4.98 Å². The molecule has 0 amide bonds. The molecule has 4 N–H and O–H groups in total. The number of nitrogens with one attached hydrogen (secondary N) is 1. The molecule has 3 aromatic rings. The van der Waals surface area contributed by atoms with Crippen molar-refractivity contribution in [2.24, 2.45) is 0 Å². The molecule has 4 rings (SSSR count). The maximum atomic E-state index is 12.4. The predicted octanol–water partition coefficient (Wildman–Crippen LogP) is 1.60. The monoisotopic (exact) mass is 444 g/mol. The number of benzene rings is 1. The molecule has 11 heteroatoms. The Hall–Kier alpha value is -2.89. The molecule has 1 atom stereocenters. The van der Waals surface area contributed by atoms with Crippen LogP contribution < -0.4 is 10.5 Å². The minimum atomic E-state index is -3.65. The average molecular weight is 445 g/mol. The fourth-order valence-electron chi connectivity index (χ4n) is 3.12. The molecule has 31 heavy (non-hydrogen) atoms. The molecule has 1 fully saturated rings. The summed E-state index contributed by atoms with van der Waals surface area (Å²) in [6.45, 7) is 1.61. The van der Waals surface area contributed by atoms with Crippen molar-refractivity contribution in [1.29, 1.82) is 0 Å². The van der Waals surface area contributed by atoms with Crippen LogP contribution in [0.5, 0.6) is 0 Å². The smallest absolute Gasteiger partial charge is 0.280 e. The van der Waals surface area contributed by atoms with Gasteiger partial charge >= 0.3 is 0 Å². The fourth-order valence-corrected chi connectivity index (χ4v) is 4.17. The zero-order chi connectivity index (χ0) is 22.1. The molecule has 10 nitrogen and oxygen atoms in total. The van der Waals surface area contributed by atoms with E-state index in [0.717, 1.165) is 12.8 Å². The third-order valence-electron chi connectivity index (χ3n) is 5.38. The van der Waals surface area contributed by atoms with E-state index < -0.39 is 15.4 Å². The van der Waals surface area contributed by atoms with Gasteiger partial charge in [0.25, 0.3) is 5.89 Å². The Morgan fingerprint density at radius 3 is 2.68 bits per heavy atom. The molecule has 0 spiro atoms. The second-order valence-electron chi connectivity index (χ2n) is 7.90. The summed E-state index contributed by atoms with van der Waals surface area (Å²) < 4.78 is 32.8. The van der Waals surface area contributed by atoms with E-state index in [1.165, 1.54) is 18.3 Å². The van der Waals surface area contributed by atoms with Gasteiger partial charge in [-0.05, 0) is 31.4 Å². The van der Waals surface area contributed by atoms with E-state index in [4.69, 9.17) is 10.3 Å². The molecular weight excluding hydrogens is 420 g/mol. The minimum absolute atomic E-state index is 0.0993. The number of rotatable bonds is 9. The molecule has 0 aliphatic heterocycles. The van der Waals surface area contributed by atoms with Gasteiger partial charge in [-0.3, -0.25) is 0 Å². The summed E-state index contributed by atoms with van der Waals surface area (Å²) in [5.74, 6) is 1.26. The maximum Gasteiger partial charge on any atom is 0.280 e. The molecule has 1 aliphatic carbocycles. The third kappa shape index (κ3) is 4.58. The summed E-state index contributed by atoms with van der Waals surface area (Å²) >= 11 is 0. The fraction of sp³-hybridized carbons (Fsp3) is 0.400. The number of anilines is 1. The largest absolute Gasteiger partial charge is 0.395 e. The van der Waals surface area contributed by atoms with Crippen LogP contribution in [0, 0.1) is 0 Å². The van der Waals surface area contributed by atoms with Crippen molar-refractivity contribution in [3.8, 4) is 11.6 Å². The standard InChI is InChI=1S/C20H24N6O4S/c1-20(12-27,9-10-23-31(28,29)14-5-3-2-4-6-14)15-11-22-17(21)16(24-15)19-25-18(26-30-19)13-7-8-13/h2-6,11,13,23,27H,7-10,12H2,1H3,(H2,21,22). The van der Waals surface area contributed by atoms with Crippen molar-refractivity contribution in [3.05, 3.63) is 48.0 Å². The van der Waals surface area contributed by atoms with E-state index in [1.54, 1.807) is 25.1 Å². The summed E-state index contributed by atoms with van der Waals surface area (Å²) in [5.41, 5.74) is 5.81. The topological polar surface area (TPSA) is 157 Å². The molecule has 0 radical (unpaired) electrons. The van der Waals surface area contributed by atoms with Gasteiger partial charge in [0.2, 0.25) is 10.0 Å². The summed E-state index contributed by atoms with van der Waals surface area (Å²) in [5, 5.41) is 14.1. The Morgan fingerprint density at radius 1 is 1.26 bits per heavy atom. The van der Waals surface area contributed by atoms with Crippen LogP contribution in [0.3, 0.4) is 0 Å². The number of nitrogens with zero attached hydrogens (tertiary/aromatic N) is 4. The van der Waals surface area contributed by atoms with E-state index in [9.17, 15) is 13.5 Å². The lowest BCUT2D eigenvalue weighted by molar-refractivity contribution is 0.194. The van der Waals surface area contributed by atoms with Crippen molar-refractivity contribution >= 4 is 15.8 Å². The lowest BCUT2D eigenvalue weighted by Gasteiger charge is -2.27. The van der Waals surface area contributed by atoms with Crippen LogP contribution in [-0.4, -0.2) is 46.8 Å². The number of hydrogen-bond acceptors (Lipinski definition) is 9. The molecule has 2 aromatic heterocycles. The first-order chi connectivity index (χ1) is 14.8. The SMILES string of the molecule is CC(CO)(CCNS(=O)(=O)c1ccccc1)c1cnc(N)c(-c2nc(C3CC3)no2)n1. The van der Waals surface area contributed by atoms with Gasteiger partial charge in [0.05, 0.1) is 23.4 Å². The molecular formula is C20H24N6O4S. The zero-order valence-corrected chi connectivity index (χ0v) is 17.8. The molecule has 1 aliphatic rings. The summed E-state index contributed by atoms with van der Waals surface area (Å²) in [7, 11) is -3.65. The molecule has 0 bridgehead atoms. The quantitative estimate of drug-likeness (QED) is 0.446. The number of sulfonamides is 1. The second kappa shape index (κ2) is 8.33.